The number of aliphatic carboxylic acids is 1. The second kappa shape index (κ2) is 10.1. The maximum Gasteiger partial charge on any atom is 0.344 e. The van der Waals surface area contributed by atoms with Gasteiger partial charge in [-0.1, -0.05) is 53.7 Å². The molecule has 3 aromatic rings. The lowest BCUT2D eigenvalue weighted by atomic mass is 9.95. The number of hydrogen-bond donors (Lipinski definition) is 1. The van der Waals surface area contributed by atoms with Crippen LogP contribution in [0.3, 0.4) is 0 Å². The summed E-state index contributed by atoms with van der Waals surface area (Å²) in [6.07, 6.45) is 8.73. The zero-order valence-corrected chi connectivity index (χ0v) is 18.8. The second-order valence-electron chi connectivity index (χ2n) is 7.91. The number of allylic oxidation sites excluding steroid dienone is 2. The third kappa shape index (κ3) is 4.91. The van der Waals surface area contributed by atoms with Crippen LogP contribution in [-0.2, 0) is 4.79 Å². The first-order valence-electron chi connectivity index (χ1n) is 10.8. The van der Waals surface area contributed by atoms with E-state index in [1.54, 1.807) is 18.2 Å². The van der Waals surface area contributed by atoms with Crippen molar-refractivity contribution < 1.29 is 19.1 Å². The number of hydrogen-bond acceptors (Lipinski definition) is 5. The van der Waals surface area contributed by atoms with Crippen LogP contribution in [0.4, 0.5) is 0 Å². The van der Waals surface area contributed by atoms with Crippen LogP contribution >= 0.6 is 11.8 Å². The minimum absolute atomic E-state index is 0.118. The van der Waals surface area contributed by atoms with E-state index >= 15 is 0 Å². The molecule has 1 heterocycles. The summed E-state index contributed by atoms with van der Waals surface area (Å²) in [5, 5.41) is 10.6. The topological polar surface area (TPSA) is 76.7 Å². The van der Waals surface area contributed by atoms with Crippen LogP contribution in [0, 0.1) is 0 Å². The molecule has 1 aliphatic rings. The zero-order valence-electron chi connectivity index (χ0n) is 18.0. The van der Waals surface area contributed by atoms with Gasteiger partial charge in [0.05, 0.1) is 10.9 Å². The Labute approximate surface area is 191 Å². The lowest BCUT2D eigenvalue weighted by Crippen LogP contribution is -2.27. The van der Waals surface area contributed by atoms with Crippen LogP contribution < -0.4 is 10.2 Å². The van der Waals surface area contributed by atoms with Gasteiger partial charge in [-0.05, 0) is 62.5 Å². The summed E-state index contributed by atoms with van der Waals surface area (Å²) in [7, 11) is 0. The van der Waals surface area contributed by atoms with Crippen LogP contribution in [0.25, 0.3) is 22.1 Å². The highest BCUT2D eigenvalue weighted by Gasteiger charge is 2.22. The summed E-state index contributed by atoms with van der Waals surface area (Å²) in [5.74, 6) is -0.614. The van der Waals surface area contributed by atoms with Gasteiger partial charge in [-0.2, -0.15) is 0 Å². The fraction of sp³-hybridized carbons (Fsp3) is 0.308. The number of thioether (sulfide) groups is 1. The summed E-state index contributed by atoms with van der Waals surface area (Å²) in [6, 6.07) is 14.3. The predicted octanol–water partition coefficient (Wildman–Crippen LogP) is 6.29. The number of ether oxygens (including phenoxy) is 1. The average Bonchev–Trinajstić information content (AvgIpc) is 2.82. The van der Waals surface area contributed by atoms with E-state index in [0.29, 0.717) is 33.8 Å². The van der Waals surface area contributed by atoms with E-state index in [1.807, 2.05) is 36.6 Å². The quantitative estimate of drug-likeness (QED) is 0.321. The molecular formula is C26H26O5S. The Morgan fingerprint density at radius 3 is 2.69 bits per heavy atom. The molecule has 1 N–H and O–H groups in total. The van der Waals surface area contributed by atoms with Crippen molar-refractivity contribution in [1.82, 2.24) is 0 Å². The van der Waals surface area contributed by atoms with Crippen LogP contribution in [0.1, 0.15) is 38.5 Å². The van der Waals surface area contributed by atoms with Gasteiger partial charge < -0.3 is 14.3 Å². The molecule has 0 aliphatic heterocycles. The smallest absolute Gasteiger partial charge is 0.344 e. The van der Waals surface area contributed by atoms with E-state index in [0.717, 1.165) is 31.2 Å². The molecule has 1 unspecified atom stereocenters. The third-order valence-electron chi connectivity index (χ3n) is 5.75. The molecule has 5 nitrogen and oxygen atoms in total. The Kier molecular flexibility index (Phi) is 7.00. The summed E-state index contributed by atoms with van der Waals surface area (Å²) in [6.45, 7) is 0. The first-order chi connectivity index (χ1) is 15.6. The molecule has 1 atom stereocenters. The lowest BCUT2D eigenvalue weighted by Gasteiger charge is -2.18. The maximum atomic E-state index is 13.2. The highest BCUT2D eigenvalue weighted by Crippen LogP contribution is 2.32. The molecule has 0 amide bonds. The fourth-order valence-electron chi connectivity index (χ4n) is 4.07. The van der Waals surface area contributed by atoms with Gasteiger partial charge in [0.15, 0.2) is 11.2 Å². The van der Waals surface area contributed by atoms with Crippen LogP contribution in [-0.4, -0.2) is 23.4 Å². The van der Waals surface area contributed by atoms with Crippen molar-refractivity contribution in [2.24, 2.45) is 0 Å². The Bertz CT molecular complexity index is 1200. The molecule has 32 heavy (non-hydrogen) atoms. The normalized spacial score (nSPS) is 14.7. The summed E-state index contributed by atoms with van der Waals surface area (Å²) >= 11 is 1.36. The van der Waals surface area contributed by atoms with Gasteiger partial charge in [0.2, 0.25) is 5.43 Å². The summed E-state index contributed by atoms with van der Waals surface area (Å²) in [5.41, 5.74) is 2.91. The molecule has 0 saturated carbocycles. The van der Waals surface area contributed by atoms with Gasteiger partial charge in [0.25, 0.3) is 0 Å². The summed E-state index contributed by atoms with van der Waals surface area (Å²) < 4.78 is 11.8. The maximum absolute atomic E-state index is 13.2. The first-order valence-corrected chi connectivity index (χ1v) is 12.1. The minimum Gasteiger partial charge on any atom is -0.479 e. The van der Waals surface area contributed by atoms with E-state index in [4.69, 9.17) is 9.15 Å². The van der Waals surface area contributed by atoms with Crippen LogP contribution in [0.15, 0.2) is 74.5 Å². The van der Waals surface area contributed by atoms with E-state index in [2.05, 4.69) is 6.08 Å². The number of carboxylic acids is 1. The van der Waals surface area contributed by atoms with Crippen molar-refractivity contribution >= 4 is 28.7 Å². The van der Waals surface area contributed by atoms with Gasteiger partial charge >= 0.3 is 5.97 Å². The molecule has 166 valence electrons. The number of benzene rings is 2. The monoisotopic (exact) mass is 450 g/mol. The van der Waals surface area contributed by atoms with Crippen molar-refractivity contribution in [3.05, 3.63) is 70.4 Å². The Balaban J connectivity index is 1.62. The molecule has 1 aromatic heterocycles. The molecule has 0 spiro atoms. The van der Waals surface area contributed by atoms with E-state index < -0.39 is 12.1 Å². The number of carbonyl (C=O) groups is 1. The minimum atomic E-state index is -0.993. The number of fused-ring (bicyclic) bond motifs is 1. The van der Waals surface area contributed by atoms with Gasteiger partial charge in [-0.3, -0.25) is 4.79 Å². The highest BCUT2D eigenvalue weighted by atomic mass is 32.2. The molecule has 1 aliphatic carbocycles. The molecule has 0 radical (unpaired) electrons. The van der Waals surface area contributed by atoms with Crippen molar-refractivity contribution in [3.63, 3.8) is 0 Å². The molecule has 4 rings (SSSR count). The molecule has 0 saturated heterocycles. The Morgan fingerprint density at radius 1 is 1.19 bits per heavy atom. The van der Waals surface area contributed by atoms with Crippen LogP contribution in [0.2, 0.25) is 0 Å². The van der Waals surface area contributed by atoms with E-state index in [9.17, 15) is 14.7 Å². The highest BCUT2D eigenvalue weighted by molar-refractivity contribution is 7.98. The first kappa shape index (κ1) is 22.2. The van der Waals surface area contributed by atoms with Crippen molar-refractivity contribution in [3.8, 4) is 16.9 Å². The molecule has 0 fully saturated rings. The van der Waals surface area contributed by atoms with Gasteiger partial charge in [-0.25, -0.2) is 4.79 Å². The SMILES string of the molecule is CSc1oc2cc(OC(CCC3=CCCCC3)C(=O)O)ccc2c(=O)c1-c1ccccc1. The average molecular weight is 451 g/mol. The second-order valence-corrected chi connectivity index (χ2v) is 8.69. The largest absolute Gasteiger partial charge is 0.479 e. The van der Waals surface area contributed by atoms with E-state index in [-0.39, 0.29) is 5.43 Å². The number of rotatable bonds is 8. The standard InChI is InChI=1S/C26H26O5S/c1-32-26-23(18-10-6-3-7-11-18)24(27)20-14-13-19(16-22(20)31-26)30-21(25(28)29)15-12-17-8-4-2-5-9-17/h3,6-8,10-11,13-14,16,21H,2,4-5,9,12,15H2,1H3,(H,28,29). The predicted molar refractivity (Wildman–Crippen MR) is 128 cm³/mol. The van der Waals surface area contributed by atoms with Gasteiger partial charge in [-0.15, -0.1) is 0 Å². The van der Waals surface area contributed by atoms with Crippen molar-refractivity contribution in [2.75, 3.05) is 6.26 Å². The summed E-state index contributed by atoms with van der Waals surface area (Å²) in [4.78, 5) is 25.0. The van der Waals surface area contributed by atoms with Crippen LogP contribution in [0.5, 0.6) is 5.75 Å². The van der Waals surface area contributed by atoms with Crippen molar-refractivity contribution in [2.45, 2.75) is 49.7 Å². The van der Waals surface area contributed by atoms with Gasteiger partial charge in [0.1, 0.15) is 11.3 Å². The molecular weight excluding hydrogens is 424 g/mol. The third-order valence-corrected chi connectivity index (χ3v) is 6.40. The van der Waals surface area contributed by atoms with E-state index in [1.165, 1.54) is 23.8 Å². The molecule has 0 bridgehead atoms. The fourth-order valence-corrected chi connectivity index (χ4v) is 4.66. The van der Waals surface area contributed by atoms with Gasteiger partial charge in [0, 0.05) is 6.07 Å². The number of carboxylic acid groups (broad SMARTS) is 1. The molecule has 6 heteroatoms. The zero-order chi connectivity index (χ0) is 22.5. The Hall–Kier alpha value is -2.99. The van der Waals surface area contributed by atoms with Crippen molar-refractivity contribution in [1.29, 1.82) is 0 Å². The lowest BCUT2D eigenvalue weighted by molar-refractivity contribution is -0.145. The molecule has 2 aromatic carbocycles. The Morgan fingerprint density at radius 2 is 2.00 bits per heavy atom.